The van der Waals surface area contributed by atoms with Gasteiger partial charge in [-0.2, -0.15) is 0 Å². The molecular formula is C23H19N3O5. The zero-order valence-electron chi connectivity index (χ0n) is 16.5. The van der Waals surface area contributed by atoms with Crippen molar-refractivity contribution in [1.82, 2.24) is 15.5 Å². The fourth-order valence-corrected chi connectivity index (χ4v) is 3.68. The number of amides is 4. The molecule has 0 radical (unpaired) electrons. The maximum Gasteiger partial charge on any atom is 0.296 e. The summed E-state index contributed by atoms with van der Waals surface area (Å²) in [5, 5.41) is 14.4. The van der Waals surface area contributed by atoms with Gasteiger partial charge >= 0.3 is 0 Å². The maximum atomic E-state index is 12.7. The monoisotopic (exact) mass is 417 g/mol. The van der Waals surface area contributed by atoms with Crippen molar-refractivity contribution in [1.29, 1.82) is 0 Å². The first kappa shape index (κ1) is 20.2. The van der Waals surface area contributed by atoms with Crippen molar-refractivity contribution in [2.45, 2.75) is 32.0 Å². The number of nitrogens with one attached hydrogen (secondary N) is 2. The molecule has 3 N–H and O–H groups in total. The van der Waals surface area contributed by atoms with E-state index in [9.17, 15) is 24.3 Å². The van der Waals surface area contributed by atoms with E-state index in [1.165, 1.54) is 17.0 Å². The summed E-state index contributed by atoms with van der Waals surface area (Å²) in [6.45, 7) is 0.507. The number of carbonyl (C=O) groups is 4. The zero-order valence-corrected chi connectivity index (χ0v) is 16.5. The molecule has 0 aliphatic carbocycles. The Kier molecular flexibility index (Phi) is 5.41. The number of phenols is 1. The van der Waals surface area contributed by atoms with Crippen LogP contribution in [0.5, 0.6) is 5.75 Å². The van der Waals surface area contributed by atoms with Gasteiger partial charge in [-0.05, 0) is 41.8 Å². The summed E-state index contributed by atoms with van der Waals surface area (Å²) in [4.78, 5) is 49.7. The van der Waals surface area contributed by atoms with Gasteiger partial charge in [-0.1, -0.05) is 24.1 Å². The largest absolute Gasteiger partial charge is 0.508 e. The molecule has 8 nitrogen and oxygen atoms in total. The number of hydrogen-bond donors (Lipinski definition) is 3. The third kappa shape index (κ3) is 4.41. The van der Waals surface area contributed by atoms with Crippen LogP contribution in [0, 0.1) is 11.8 Å². The van der Waals surface area contributed by atoms with E-state index in [1.807, 2.05) is 6.07 Å². The van der Waals surface area contributed by atoms with Gasteiger partial charge in [0.15, 0.2) is 0 Å². The highest BCUT2D eigenvalue weighted by Gasteiger charge is 2.38. The molecule has 0 saturated carbocycles. The number of rotatable bonds is 3. The minimum Gasteiger partial charge on any atom is -0.508 e. The van der Waals surface area contributed by atoms with E-state index in [1.54, 1.807) is 24.3 Å². The quantitative estimate of drug-likeness (QED) is 0.505. The van der Waals surface area contributed by atoms with Crippen molar-refractivity contribution in [3.05, 3.63) is 64.7 Å². The molecule has 0 aromatic heterocycles. The minimum atomic E-state index is -0.659. The molecule has 31 heavy (non-hydrogen) atoms. The molecular weight excluding hydrogens is 398 g/mol. The normalized spacial score (nSPS) is 17.5. The summed E-state index contributed by atoms with van der Waals surface area (Å²) >= 11 is 0. The lowest BCUT2D eigenvalue weighted by Crippen LogP contribution is -2.52. The van der Waals surface area contributed by atoms with E-state index in [-0.39, 0.29) is 37.1 Å². The number of aromatic hydroxyl groups is 1. The van der Waals surface area contributed by atoms with Gasteiger partial charge in [-0.15, -0.1) is 0 Å². The van der Waals surface area contributed by atoms with Crippen LogP contribution in [-0.4, -0.2) is 39.7 Å². The lowest BCUT2D eigenvalue weighted by atomic mass is 10.0. The molecule has 4 rings (SSSR count). The van der Waals surface area contributed by atoms with Crippen LogP contribution >= 0.6 is 0 Å². The number of benzene rings is 2. The van der Waals surface area contributed by atoms with Crippen LogP contribution in [0.1, 0.15) is 39.9 Å². The predicted octanol–water partition coefficient (Wildman–Crippen LogP) is 0.821. The van der Waals surface area contributed by atoms with Crippen molar-refractivity contribution >= 4 is 23.6 Å². The van der Waals surface area contributed by atoms with Gasteiger partial charge < -0.3 is 15.3 Å². The van der Waals surface area contributed by atoms with Crippen molar-refractivity contribution < 1.29 is 24.3 Å². The molecule has 2 aliphatic heterocycles. The van der Waals surface area contributed by atoms with Crippen LogP contribution in [0.15, 0.2) is 42.5 Å². The van der Waals surface area contributed by atoms with E-state index in [0.29, 0.717) is 17.5 Å². The highest BCUT2D eigenvalue weighted by molar-refractivity contribution is 6.05. The molecule has 1 saturated heterocycles. The number of fused-ring (bicyclic) bond motifs is 1. The average molecular weight is 417 g/mol. The smallest absolute Gasteiger partial charge is 0.296 e. The van der Waals surface area contributed by atoms with Crippen LogP contribution in [0.4, 0.5) is 0 Å². The van der Waals surface area contributed by atoms with E-state index in [4.69, 9.17) is 0 Å². The number of piperidine rings is 1. The summed E-state index contributed by atoms with van der Waals surface area (Å²) < 4.78 is 0. The fourth-order valence-electron chi connectivity index (χ4n) is 3.68. The third-order valence-corrected chi connectivity index (χ3v) is 5.21. The SMILES string of the molecule is O=C(C#Cc1cccc(O)c1)NCc1ccc2c(c1)CN(C1CCC(=O)NC1=O)C2=O. The molecule has 1 atom stereocenters. The van der Waals surface area contributed by atoms with E-state index < -0.39 is 17.9 Å². The van der Waals surface area contributed by atoms with Gasteiger partial charge in [0.2, 0.25) is 11.8 Å². The lowest BCUT2D eigenvalue weighted by Gasteiger charge is -2.29. The highest BCUT2D eigenvalue weighted by atomic mass is 16.3. The molecule has 1 unspecified atom stereocenters. The van der Waals surface area contributed by atoms with Crippen molar-refractivity contribution in [2.24, 2.45) is 0 Å². The zero-order chi connectivity index (χ0) is 22.0. The lowest BCUT2D eigenvalue weighted by molar-refractivity contribution is -0.137. The van der Waals surface area contributed by atoms with Gasteiger partial charge in [0.25, 0.3) is 11.8 Å². The van der Waals surface area contributed by atoms with Crippen LogP contribution in [-0.2, 0) is 27.5 Å². The summed E-state index contributed by atoms with van der Waals surface area (Å²) in [5.74, 6) is 3.75. The van der Waals surface area contributed by atoms with Crippen molar-refractivity contribution in [2.75, 3.05) is 0 Å². The first-order valence-electron chi connectivity index (χ1n) is 9.76. The van der Waals surface area contributed by atoms with Gasteiger partial charge in [-0.25, -0.2) is 0 Å². The predicted molar refractivity (Wildman–Crippen MR) is 109 cm³/mol. The molecule has 8 heteroatoms. The number of phenolic OH excluding ortho intramolecular Hbond substituents is 1. The summed E-state index contributed by atoms with van der Waals surface area (Å²) in [6.07, 6.45) is 0.516. The van der Waals surface area contributed by atoms with E-state index >= 15 is 0 Å². The van der Waals surface area contributed by atoms with E-state index in [0.717, 1.165) is 11.1 Å². The van der Waals surface area contributed by atoms with Crippen LogP contribution < -0.4 is 10.6 Å². The minimum absolute atomic E-state index is 0.0752. The average Bonchev–Trinajstić information content (AvgIpc) is 3.06. The topological polar surface area (TPSA) is 116 Å². The van der Waals surface area contributed by atoms with Crippen molar-refractivity contribution in [3.63, 3.8) is 0 Å². The van der Waals surface area contributed by atoms with Crippen molar-refractivity contribution in [3.8, 4) is 17.6 Å². The Labute approximate surface area is 178 Å². The highest BCUT2D eigenvalue weighted by Crippen LogP contribution is 2.28. The summed E-state index contributed by atoms with van der Waals surface area (Å²) in [5.41, 5.74) is 2.61. The molecule has 156 valence electrons. The standard InChI is InChI=1S/C23H19N3O5/c27-17-3-1-2-14(11-17)5-8-20(28)24-12-15-4-6-18-16(10-15)13-26(23(18)31)19-7-9-21(29)25-22(19)30/h1-4,6,10-11,19,27H,7,9,12-13H2,(H,24,28)(H,25,29,30). The van der Waals surface area contributed by atoms with Crippen LogP contribution in [0.25, 0.3) is 0 Å². The Morgan fingerprint density at radius 3 is 2.81 bits per heavy atom. The molecule has 0 bridgehead atoms. The molecule has 2 aliphatic rings. The van der Waals surface area contributed by atoms with Gasteiger partial charge in [0.05, 0.1) is 0 Å². The summed E-state index contributed by atoms with van der Waals surface area (Å²) in [6, 6.07) is 10.9. The van der Waals surface area contributed by atoms with Gasteiger partial charge in [0, 0.05) is 36.6 Å². The van der Waals surface area contributed by atoms with Gasteiger partial charge in [0.1, 0.15) is 11.8 Å². The second kappa shape index (κ2) is 8.32. The van der Waals surface area contributed by atoms with Crippen LogP contribution in [0.3, 0.4) is 0 Å². The second-order valence-electron chi connectivity index (χ2n) is 7.37. The molecule has 2 heterocycles. The second-order valence-corrected chi connectivity index (χ2v) is 7.37. The first-order chi connectivity index (χ1) is 14.9. The maximum absolute atomic E-state index is 12.7. The molecule has 2 aromatic rings. The molecule has 4 amide bonds. The molecule has 1 fully saturated rings. The Hall–Kier alpha value is -4.12. The number of hydrogen-bond acceptors (Lipinski definition) is 5. The Morgan fingerprint density at radius 1 is 1.19 bits per heavy atom. The molecule has 2 aromatic carbocycles. The third-order valence-electron chi connectivity index (χ3n) is 5.21. The number of nitrogens with zero attached hydrogens (tertiary/aromatic N) is 1. The van der Waals surface area contributed by atoms with Crippen LogP contribution in [0.2, 0.25) is 0 Å². The fraction of sp³-hybridized carbons (Fsp3) is 0.217. The van der Waals surface area contributed by atoms with E-state index in [2.05, 4.69) is 22.5 Å². The number of carbonyl (C=O) groups excluding carboxylic acids is 4. The van der Waals surface area contributed by atoms with Gasteiger partial charge in [-0.3, -0.25) is 24.5 Å². The Morgan fingerprint density at radius 2 is 2.03 bits per heavy atom. The number of imide groups is 1. The molecule has 0 spiro atoms. The first-order valence-corrected chi connectivity index (χ1v) is 9.76. The Bertz CT molecular complexity index is 1160. The summed E-state index contributed by atoms with van der Waals surface area (Å²) in [7, 11) is 0. The Balaban J connectivity index is 1.39.